The molecule has 0 amide bonds. The third-order valence-electron chi connectivity index (χ3n) is 3.08. The zero-order valence-electron chi connectivity index (χ0n) is 12.1. The van der Waals surface area contributed by atoms with Gasteiger partial charge in [0.2, 0.25) is 0 Å². The molecule has 2 rings (SSSR count). The van der Waals surface area contributed by atoms with E-state index in [4.69, 9.17) is 21.1 Å². The predicted octanol–water partition coefficient (Wildman–Crippen LogP) is 3.63. The number of carbonyl (C=O) groups is 1. The standard InChI is InChI=1S/C16H18ClNO3/c1-3-21-16(19)15-10-13(11-18(15)7-8-20-2)12-5-4-6-14(17)9-12/h4-6,9-11H,3,7-8H2,1-2H3. The summed E-state index contributed by atoms with van der Waals surface area (Å²) in [6.07, 6.45) is 1.91. The van der Waals surface area contributed by atoms with Gasteiger partial charge in [-0.25, -0.2) is 4.79 Å². The van der Waals surface area contributed by atoms with Crippen LogP contribution in [0.3, 0.4) is 0 Å². The number of nitrogens with zero attached hydrogens (tertiary/aromatic N) is 1. The van der Waals surface area contributed by atoms with E-state index in [0.29, 0.717) is 30.5 Å². The molecule has 0 saturated heterocycles. The summed E-state index contributed by atoms with van der Waals surface area (Å²) in [5.74, 6) is -0.332. The van der Waals surface area contributed by atoms with Gasteiger partial charge in [0.05, 0.1) is 13.2 Å². The fourth-order valence-corrected chi connectivity index (χ4v) is 2.28. The van der Waals surface area contributed by atoms with Crippen molar-refractivity contribution in [2.45, 2.75) is 13.5 Å². The van der Waals surface area contributed by atoms with Crippen LogP contribution in [0.15, 0.2) is 36.5 Å². The van der Waals surface area contributed by atoms with E-state index in [1.165, 1.54) is 0 Å². The molecule has 0 atom stereocenters. The minimum atomic E-state index is -0.332. The van der Waals surface area contributed by atoms with Crippen LogP contribution in [0, 0.1) is 0 Å². The van der Waals surface area contributed by atoms with Crippen LogP contribution in [0.1, 0.15) is 17.4 Å². The van der Waals surface area contributed by atoms with Gasteiger partial charge < -0.3 is 14.0 Å². The summed E-state index contributed by atoms with van der Waals surface area (Å²) in [6.45, 7) is 3.25. The first-order chi connectivity index (χ1) is 10.2. The summed E-state index contributed by atoms with van der Waals surface area (Å²) in [4.78, 5) is 12.0. The van der Waals surface area contributed by atoms with Crippen LogP contribution in [0.2, 0.25) is 5.02 Å². The molecule has 1 aromatic heterocycles. The van der Waals surface area contributed by atoms with Crippen LogP contribution < -0.4 is 0 Å². The molecule has 0 bridgehead atoms. The van der Waals surface area contributed by atoms with Crippen molar-refractivity contribution in [3.63, 3.8) is 0 Å². The Morgan fingerprint density at radius 1 is 1.29 bits per heavy atom. The molecule has 4 nitrogen and oxygen atoms in total. The summed E-state index contributed by atoms with van der Waals surface area (Å²) in [7, 11) is 1.63. The van der Waals surface area contributed by atoms with Gasteiger partial charge in [-0.05, 0) is 30.7 Å². The number of hydrogen-bond acceptors (Lipinski definition) is 3. The molecular formula is C16H18ClNO3. The van der Waals surface area contributed by atoms with Crippen molar-refractivity contribution in [3.8, 4) is 11.1 Å². The third-order valence-corrected chi connectivity index (χ3v) is 3.31. The van der Waals surface area contributed by atoms with Gasteiger partial charge in [-0.15, -0.1) is 0 Å². The summed E-state index contributed by atoms with van der Waals surface area (Å²) in [5, 5.41) is 0.662. The molecule has 0 saturated carbocycles. The maximum Gasteiger partial charge on any atom is 0.354 e. The minimum absolute atomic E-state index is 0.332. The lowest BCUT2D eigenvalue weighted by Crippen LogP contribution is -2.13. The van der Waals surface area contributed by atoms with Crippen molar-refractivity contribution in [1.82, 2.24) is 4.57 Å². The molecule has 1 aromatic carbocycles. The fraction of sp³-hybridized carbons (Fsp3) is 0.312. The van der Waals surface area contributed by atoms with E-state index in [9.17, 15) is 4.79 Å². The van der Waals surface area contributed by atoms with Gasteiger partial charge in [-0.3, -0.25) is 0 Å². The van der Waals surface area contributed by atoms with Crippen molar-refractivity contribution in [2.75, 3.05) is 20.3 Å². The number of halogens is 1. The van der Waals surface area contributed by atoms with Crippen molar-refractivity contribution >= 4 is 17.6 Å². The molecule has 0 aliphatic heterocycles. The normalized spacial score (nSPS) is 10.6. The van der Waals surface area contributed by atoms with E-state index in [2.05, 4.69) is 0 Å². The molecule has 2 aromatic rings. The van der Waals surface area contributed by atoms with E-state index >= 15 is 0 Å². The van der Waals surface area contributed by atoms with Crippen molar-refractivity contribution < 1.29 is 14.3 Å². The molecule has 0 aliphatic carbocycles. The Labute approximate surface area is 129 Å². The quantitative estimate of drug-likeness (QED) is 0.765. The molecular weight excluding hydrogens is 290 g/mol. The molecule has 21 heavy (non-hydrogen) atoms. The minimum Gasteiger partial charge on any atom is -0.461 e. The lowest BCUT2D eigenvalue weighted by atomic mass is 10.1. The fourth-order valence-electron chi connectivity index (χ4n) is 2.09. The molecule has 0 spiro atoms. The lowest BCUT2D eigenvalue weighted by Gasteiger charge is -2.07. The number of carbonyl (C=O) groups excluding carboxylic acids is 1. The van der Waals surface area contributed by atoms with Gasteiger partial charge in [0.1, 0.15) is 5.69 Å². The number of esters is 1. The lowest BCUT2D eigenvalue weighted by molar-refractivity contribution is 0.0511. The topological polar surface area (TPSA) is 40.5 Å². The predicted molar refractivity (Wildman–Crippen MR) is 82.7 cm³/mol. The van der Waals surface area contributed by atoms with Crippen molar-refractivity contribution in [1.29, 1.82) is 0 Å². The van der Waals surface area contributed by atoms with E-state index < -0.39 is 0 Å². The molecule has 0 N–H and O–H groups in total. The number of ether oxygens (including phenoxy) is 2. The third kappa shape index (κ3) is 3.86. The maximum absolute atomic E-state index is 12.0. The first kappa shape index (κ1) is 15.6. The van der Waals surface area contributed by atoms with E-state index in [-0.39, 0.29) is 5.97 Å². The largest absolute Gasteiger partial charge is 0.461 e. The van der Waals surface area contributed by atoms with E-state index in [1.807, 2.05) is 41.1 Å². The van der Waals surface area contributed by atoms with E-state index in [0.717, 1.165) is 11.1 Å². The highest BCUT2D eigenvalue weighted by Crippen LogP contribution is 2.25. The van der Waals surface area contributed by atoms with E-state index in [1.54, 1.807) is 14.0 Å². The Morgan fingerprint density at radius 3 is 2.76 bits per heavy atom. The Bertz CT molecular complexity index is 622. The van der Waals surface area contributed by atoms with Crippen molar-refractivity contribution in [3.05, 3.63) is 47.2 Å². The van der Waals surface area contributed by atoms with Gasteiger partial charge in [-0.2, -0.15) is 0 Å². The summed E-state index contributed by atoms with van der Waals surface area (Å²) in [6, 6.07) is 9.34. The zero-order valence-corrected chi connectivity index (χ0v) is 12.9. The van der Waals surface area contributed by atoms with Crippen LogP contribution in [-0.2, 0) is 16.0 Å². The Morgan fingerprint density at radius 2 is 2.10 bits per heavy atom. The van der Waals surface area contributed by atoms with Gasteiger partial charge in [0.25, 0.3) is 0 Å². The monoisotopic (exact) mass is 307 g/mol. The number of aromatic nitrogens is 1. The summed E-state index contributed by atoms with van der Waals surface area (Å²) < 4.78 is 12.0. The van der Waals surface area contributed by atoms with Crippen LogP contribution in [0.5, 0.6) is 0 Å². The van der Waals surface area contributed by atoms with Crippen LogP contribution in [0.25, 0.3) is 11.1 Å². The van der Waals surface area contributed by atoms with Crippen LogP contribution in [-0.4, -0.2) is 30.9 Å². The molecule has 0 aliphatic rings. The van der Waals surface area contributed by atoms with Crippen LogP contribution >= 0.6 is 11.6 Å². The first-order valence-corrected chi connectivity index (χ1v) is 7.15. The smallest absolute Gasteiger partial charge is 0.354 e. The SMILES string of the molecule is CCOC(=O)c1cc(-c2cccc(Cl)c2)cn1CCOC. The molecule has 5 heteroatoms. The summed E-state index contributed by atoms with van der Waals surface area (Å²) >= 11 is 6.02. The first-order valence-electron chi connectivity index (χ1n) is 6.78. The maximum atomic E-state index is 12.0. The molecule has 0 fully saturated rings. The average molecular weight is 308 g/mol. The van der Waals surface area contributed by atoms with Gasteiger partial charge in [-0.1, -0.05) is 23.7 Å². The Kier molecular flexibility index (Phi) is 5.42. The van der Waals surface area contributed by atoms with Crippen LogP contribution in [0.4, 0.5) is 0 Å². The molecule has 112 valence electrons. The van der Waals surface area contributed by atoms with Gasteiger partial charge in [0.15, 0.2) is 0 Å². The van der Waals surface area contributed by atoms with Gasteiger partial charge in [0, 0.05) is 30.4 Å². The Hall–Kier alpha value is -1.78. The highest BCUT2D eigenvalue weighted by atomic mass is 35.5. The second-order valence-corrected chi connectivity index (χ2v) is 4.97. The number of benzene rings is 1. The number of rotatable bonds is 6. The number of methoxy groups -OCH3 is 1. The highest BCUT2D eigenvalue weighted by molar-refractivity contribution is 6.30. The number of hydrogen-bond donors (Lipinski definition) is 0. The summed E-state index contributed by atoms with van der Waals surface area (Å²) in [5.41, 5.74) is 2.41. The molecule has 0 unspecified atom stereocenters. The van der Waals surface area contributed by atoms with Crippen molar-refractivity contribution in [2.24, 2.45) is 0 Å². The second-order valence-electron chi connectivity index (χ2n) is 4.53. The second kappa shape index (κ2) is 7.29. The average Bonchev–Trinajstić information content (AvgIpc) is 2.89. The Balaban J connectivity index is 2.37. The molecule has 1 heterocycles. The highest BCUT2D eigenvalue weighted by Gasteiger charge is 2.15. The van der Waals surface area contributed by atoms with Gasteiger partial charge >= 0.3 is 5.97 Å². The zero-order chi connectivity index (χ0) is 15.2. The molecule has 0 radical (unpaired) electrons.